The molecule has 0 saturated heterocycles. The summed E-state index contributed by atoms with van der Waals surface area (Å²) in [5.74, 6) is -0.847. The second-order valence-corrected chi connectivity index (χ2v) is 22.8. The lowest BCUT2D eigenvalue weighted by Crippen LogP contribution is -2.37. The Labute approximate surface area is 445 Å². The number of rotatable bonds is 55. The minimum Gasteiger partial charge on any atom is -0.756 e. The first-order chi connectivity index (χ1) is 35.0. The lowest BCUT2D eigenvalue weighted by molar-refractivity contribution is -0.870. The number of ether oxygens (including phenoxy) is 2. The van der Waals surface area contributed by atoms with E-state index in [1.165, 1.54) is 154 Å². The smallest absolute Gasteiger partial charge is 0.306 e. The van der Waals surface area contributed by atoms with Gasteiger partial charge in [-0.3, -0.25) is 14.2 Å². The molecule has 0 spiro atoms. The van der Waals surface area contributed by atoms with Crippen LogP contribution < -0.4 is 4.89 Å². The van der Waals surface area contributed by atoms with Gasteiger partial charge in [0.05, 0.1) is 27.7 Å². The Bertz CT molecular complexity index is 1400. The lowest BCUT2D eigenvalue weighted by atomic mass is 10.0. The molecule has 0 aromatic heterocycles. The van der Waals surface area contributed by atoms with Crippen LogP contribution in [0, 0.1) is 0 Å². The zero-order valence-corrected chi connectivity index (χ0v) is 48.5. The summed E-state index contributed by atoms with van der Waals surface area (Å²) in [6.07, 6.45) is 68.5. The Morgan fingerprint density at radius 2 is 0.792 bits per heavy atom. The molecule has 0 aliphatic heterocycles. The number of carbonyl (C=O) groups is 2. The molecule has 10 heteroatoms. The fourth-order valence-electron chi connectivity index (χ4n) is 8.45. The Balaban J connectivity index is 4.13. The van der Waals surface area contributed by atoms with Gasteiger partial charge in [0.2, 0.25) is 0 Å². The molecule has 0 amide bonds. The zero-order valence-electron chi connectivity index (χ0n) is 47.6. The summed E-state index contributed by atoms with van der Waals surface area (Å²) in [6.45, 7) is 4.13. The van der Waals surface area contributed by atoms with E-state index in [2.05, 4.69) is 74.6 Å². The average Bonchev–Trinajstić information content (AvgIpc) is 3.34. The van der Waals surface area contributed by atoms with Gasteiger partial charge in [0.25, 0.3) is 7.82 Å². The van der Waals surface area contributed by atoms with Crippen molar-refractivity contribution >= 4 is 19.8 Å². The Morgan fingerprint density at radius 3 is 1.18 bits per heavy atom. The molecule has 72 heavy (non-hydrogen) atoms. The van der Waals surface area contributed by atoms with Gasteiger partial charge in [-0.25, -0.2) is 0 Å². The molecule has 0 bridgehead atoms. The van der Waals surface area contributed by atoms with E-state index in [1.807, 2.05) is 21.1 Å². The van der Waals surface area contributed by atoms with Crippen molar-refractivity contribution < 1.29 is 42.1 Å². The van der Waals surface area contributed by atoms with Crippen molar-refractivity contribution in [2.75, 3.05) is 47.5 Å². The van der Waals surface area contributed by atoms with E-state index in [9.17, 15) is 19.0 Å². The first kappa shape index (κ1) is 69.7. The van der Waals surface area contributed by atoms with Gasteiger partial charge in [-0.1, -0.05) is 261 Å². The van der Waals surface area contributed by atoms with E-state index in [1.54, 1.807) is 0 Å². The monoisotopic (exact) mass is 1030 g/mol. The highest BCUT2D eigenvalue weighted by atomic mass is 31.2. The van der Waals surface area contributed by atoms with Crippen LogP contribution in [0.1, 0.15) is 271 Å². The predicted octanol–water partition coefficient (Wildman–Crippen LogP) is 18.1. The molecular formula is C62H114NO8P. The molecule has 0 rings (SSSR count). The molecule has 2 atom stereocenters. The standard InChI is InChI=1S/C62H114NO8P/c1-6-8-10-12-14-16-18-20-22-24-26-28-29-30-31-32-33-35-36-38-40-42-44-46-48-50-52-54-61(64)68-58-60(59-70-72(66,67)69-57-56-63(3,4)5)71-62(65)55-53-51-49-47-45-43-41-39-37-34-27-25-23-21-19-17-15-13-11-9-7-2/h9,11,15,17,21,23,27,34,39,41,60H,6-8,10,12-14,16,18-20,22,24-26,28-33,35-38,40,42-59H2,1-5H3/b11-9-,17-15-,23-21-,34-27-,41-39-. The van der Waals surface area contributed by atoms with E-state index >= 15 is 0 Å². The largest absolute Gasteiger partial charge is 0.756 e. The normalized spacial score (nSPS) is 13.7. The highest BCUT2D eigenvalue weighted by molar-refractivity contribution is 7.45. The molecule has 0 saturated carbocycles. The number of hydrogen-bond acceptors (Lipinski definition) is 8. The van der Waals surface area contributed by atoms with Gasteiger partial charge >= 0.3 is 11.9 Å². The number of likely N-dealkylation sites (N-methyl/N-ethyl adjacent to an activating group) is 1. The SMILES string of the molecule is CC/C=C\C/C=C\C/C=C\C/C=C\C/C=C\CCCCCCCC(=O)OC(COC(=O)CCCCCCCCCCCCCCCCCCCCCCCCCCCCC)COP(=O)([O-])OCC[N+](C)(C)C. The van der Waals surface area contributed by atoms with Crippen molar-refractivity contribution in [2.45, 2.75) is 277 Å². The van der Waals surface area contributed by atoms with Crippen LogP contribution in [0.5, 0.6) is 0 Å². The highest BCUT2D eigenvalue weighted by Gasteiger charge is 2.22. The zero-order chi connectivity index (χ0) is 52.7. The summed E-state index contributed by atoms with van der Waals surface area (Å²) >= 11 is 0. The maximum absolute atomic E-state index is 12.8. The highest BCUT2D eigenvalue weighted by Crippen LogP contribution is 2.38. The Morgan fingerprint density at radius 1 is 0.444 bits per heavy atom. The molecule has 0 N–H and O–H groups in total. The molecule has 0 aromatic carbocycles. The summed E-state index contributed by atoms with van der Waals surface area (Å²) in [7, 11) is 1.15. The summed E-state index contributed by atoms with van der Waals surface area (Å²) in [6, 6.07) is 0. The quantitative estimate of drug-likeness (QED) is 0.0195. The van der Waals surface area contributed by atoms with Crippen LogP contribution in [0.4, 0.5) is 0 Å². The van der Waals surface area contributed by atoms with Gasteiger partial charge in [-0.2, -0.15) is 0 Å². The van der Waals surface area contributed by atoms with Crippen LogP contribution in [-0.4, -0.2) is 70.0 Å². The second-order valence-electron chi connectivity index (χ2n) is 21.3. The van der Waals surface area contributed by atoms with Crippen LogP contribution in [0.25, 0.3) is 0 Å². The second kappa shape index (κ2) is 53.5. The number of unbranched alkanes of at least 4 members (excludes halogenated alkanes) is 31. The molecule has 0 aliphatic carbocycles. The number of phosphoric ester groups is 1. The van der Waals surface area contributed by atoms with Crippen molar-refractivity contribution in [2.24, 2.45) is 0 Å². The number of quaternary nitrogens is 1. The number of hydrogen-bond donors (Lipinski definition) is 0. The minimum absolute atomic E-state index is 0.0360. The van der Waals surface area contributed by atoms with Gasteiger partial charge < -0.3 is 27.9 Å². The molecule has 0 aliphatic rings. The molecular weight excluding hydrogens is 918 g/mol. The van der Waals surface area contributed by atoms with Crippen molar-refractivity contribution in [1.29, 1.82) is 0 Å². The van der Waals surface area contributed by atoms with Crippen molar-refractivity contribution in [3.8, 4) is 0 Å². The summed E-state index contributed by atoms with van der Waals surface area (Å²) < 4.78 is 34.2. The summed E-state index contributed by atoms with van der Waals surface area (Å²) in [4.78, 5) is 37.9. The average molecular weight is 1030 g/mol. The van der Waals surface area contributed by atoms with E-state index < -0.39 is 26.5 Å². The number of nitrogens with zero attached hydrogens (tertiary/aromatic N) is 1. The fraction of sp³-hybridized carbons (Fsp3) is 0.806. The first-order valence-corrected chi connectivity index (χ1v) is 31.5. The molecule has 420 valence electrons. The number of carbonyl (C=O) groups excluding carboxylic acids is 2. The number of esters is 2. The van der Waals surface area contributed by atoms with Crippen molar-refractivity contribution in [1.82, 2.24) is 0 Å². The molecule has 2 unspecified atom stereocenters. The van der Waals surface area contributed by atoms with Crippen LogP contribution in [0.15, 0.2) is 60.8 Å². The van der Waals surface area contributed by atoms with E-state index in [0.717, 1.165) is 83.5 Å². The summed E-state index contributed by atoms with van der Waals surface area (Å²) in [5, 5.41) is 0. The van der Waals surface area contributed by atoms with Crippen LogP contribution in [-0.2, 0) is 32.7 Å². The van der Waals surface area contributed by atoms with E-state index in [-0.39, 0.29) is 32.0 Å². The van der Waals surface area contributed by atoms with Gasteiger partial charge in [0, 0.05) is 12.8 Å². The van der Waals surface area contributed by atoms with Gasteiger partial charge in [-0.15, -0.1) is 0 Å². The van der Waals surface area contributed by atoms with Crippen LogP contribution >= 0.6 is 7.82 Å². The maximum atomic E-state index is 12.8. The lowest BCUT2D eigenvalue weighted by Gasteiger charge is -2.28. The topological polar surface area (TPSA) is 111 Å². The van der Waals surface area contributed by atoms with Crippen molar-refractivity contribution in [3.05, 3.63) is 60.8 Å². The van der Waals surface area contributed by atoms with Gasteiger partial charge in [0.15, 0.2) is 6.10 Å². The van der Waals surface area contributed by atoms with E-state index in [4.69, 9.17) is 18.5 Å². The van der Waals surface area contributed by atoms with Gasteiger partial charge in [0.1, 0.15) is 19.8 Å². The Kier molecular flexibility index (Phi) is 51.8. The van der Waals surface area contributed by atoms with Gasteiger partial charge in [-0.05, 0) is 57.8 Å². The molecule has 0 aromatic rings. The molecule has 9 nitrogen and oxygen atoms in total. The predicted molar refractivity (Wildman–Crippen MR) is 305 cm³/mol. The maximum Gasteiger partial charge on any atom is 0.306 e. The third kappa shape index (κ3) is 57.0. The first-order valence-electron chi connectivity index (χ1n) is 30.0. The molecule has 0 heterocycles. The third-order valence-corrected chi connectivity index (χ3v) is 14.0. The van der Waals surface area contributed by atoms with Crippen molar-refractivity contribution in [3.63, 3.8) is 0 Å². The van der Waals surface area contributed by atoms with Crippen LogP contribution in [0.3, 0.4) is 0 Å². The van der Waals surface area contributed by atoms with E-state index in [0.29, 0.717) is 17.4 Å². The van der Waals surface area contributed by atoms with Crippen LogP contribution in [0.2, 0.25) is 0 Å². The summed E-state index contributed by atoms with van der Waals surface area (Å²) in [5.41, 5.74) is 0. The Hall–Kier alpha value is -2.29. The number of allylic oxidation sites excluding steroid dienone is 10. The molecule has 0 radical (unpaired) electrons. The number of phosphoric acid groups is 1. The minimum atomic E-state index is -4.64. The third-order valence-electron chi connectivity index (χ3n) is 13.1. The molecule has 0 fully saturated rings. The fourth-order valence-corrected chi connectivity index (χ4v) is 9.18.